The maximum absolute atomic E-state index is 12.5. The second-order valence-corrected chi connectivity index (χ2v) is 10.4. The Morgan fingerprint density at radius 2 is 1.86 bits per heavy atom. The van der Waals surface area contributed by atoms with Gasteiger partial charge in [-0.25, -0.2) is 19.9 Å². The molecule has 214 valence electrons. The molecule has 0 spiro atoms. The summed E-state index contributed by atoms with van der Waals surface area (Å²) in [6, 6.07) is 20.1. The predicted octanol–water partition coefficient (Wildman–Crippen LogP) is 6.58. The molecular formula is C29H23F3N6O3S. The van der Waals surface area contributed by atoms with Gasteiger partial charge in [-0.3, -0.25) is 9.74 Å². The van der Waals surface area contributed by atoms with Crippen molar-refractivity contribution in [2.24, 2.45) is 4.99 Å². The van der Waals surface area contributed by atoms with Gasteiger partial charge in [0.1, 0.15) is 12.1 Å². The maximum Gasteiger partial charge on any atom is 0.573 e. The number of carbonyl (C=O) groups excluding carboxylic acids is 1. The zero-order valence-electron chi connectivity index (χ0n) is 22.1. The Kier molecular flexibility index (Phi) is 7.43. The number of nitrogens with one attached hydrogen (secondary N) is 1. The number of allylic oxidation sites excluding steroid dienone is 1. The van der Waals surface area contributed by atoms with Gasteiger partial charge in [0, 0.05) is 22.9 Å². The average Bonchev–Trinajstić information content (AvgIpc) is 3.61. The highest BCUT2D eigenvalue weighted by Gasteiger charge is 2.33. The SMILES string of the molecule is CC1C=C2CSC(=NC(=O)NOCc3ccc(-c4ncn(-c5ccc(OC(F)(F)F)cc5)n4)cc3)N2c2ccccc21. The van der Waals surface area contributed by atoms with Crippen molar-refractivity contribution in [3.63, 3.8) is 0 Å². The summed E-state index contributed by atoms with van der Waals surface area (Å²) < 4.78 is 42.5. The predicted molar refractivity (Wildman–Crippen MR) is 152 cm³/mol. The number of rotatable bonds is 6. The number of ether oxygens (including phenoxy) is 1. The molecule has 1 atom stereocenters. The van der Waals surface area contributed by atoms with Crippen molar-refractivity contribution in [3.8, 4) is 22.8 Å². The quantitative estimate of drug-likeness (QED) is 0.253. The summed E-state index contributed by atoms with van der Waals surface area (Å²) in [5.41, 5.74) is 7.77. The molecule has 2 aliphatic rings. The van der Waals surface area contributed by atoms with Crippen molar-refractivity contribution >= 4 is 28.6 Å². The minimum atomic E-state index is -4.75. The highest BCUT2D eigenvalue weighted by Crippen LogP contribution is 2.42. The van der Waals surface area contributed by atoms with Crippen LogP contribution in [0.4, 0.5) is 23.7 Å². The topological polar surface area (TPSA) is 93.9 Å². The number of alkyl halides is 3. The summed E-state index contributed by atoms with van der Waals surface area (Å²) in [6.07, 6.45) is -1.09. The largest absolute Gasteiger partial charge is 0.573 e. The third kappa shape index (κ3) is 6.02. The average molecular weight is 593 g/mol. The van der Waals surface area contributed by atoms with Crippen LogP contribution < -0.4 is 15.1 Å². The number of hydrogen-bond acceptors (Lipinski definition) is 6. The molecule has 3 aromatic carbocycles. The standard InChI is InChI=1S/C29H23F3N6O3S/c1-18-14-22-16-42-28(38(22)25-5-3-2-4-24(18)25)34-27(39)36-40-15-19-6-8-20(9-7-19)26-33-17-37(35-26)21-10-12-23(13-11-21)41-29(30,31)32/h2-14,17-18H,15-16H2,1H3,(H,36,39). The van der Waals surface area contributed by atoms with E-state index in [-0.39, 0.29) is 12.4 Å². The van der Waals surface area contributed by atoms with Gasteiger partial charge in [-0.2, -0.15) is 4.99 Å². The third-order valence-corrected chi connectivity index (χ3v) is 7.54. The molecule has 42 heavy (non-hydrogen) atoms. The van der Waals surface area contributed by atoms with E-state index in [2.05, 4.69) is 44.4 Å². The molecular weight excluding hydrogens is 569 g/mol. The van der Waals surface area contributed by atoms with Crippen LogP contribution in [-0.2, 0) is 11.4 Å². The lowest BCUT2D eigenvalue weighted by atomic mass is 9.94. The molecule has 4 aromatic rings. The van der Waals surface area contributed by atoms with Gasteiger partial charge in [-0.15, -0.1) is 18.3 Å². The first-order valence-corrected chi connectivity index (χ1v) is 13.8. The lowest BCUT2D eigenvalue weighted by molar-refractivity contribution is -0.274. The molecule has 0 saturated carbocycles. The number of amidine groups is 1. The fourth-order valence-electron chi connectivity index (χ4n) is 4.67. The monoisotopic (exact) mass is 592 g/mol. The first-order chi connectivity index (χ1) is 20.2. The Balaban J connectivity index is 1.04. The molecule has 3 heterocycles. The molecule has 9 nitrogen and oxygen atoms in total. The van der Waals surface area contributed by atoms with Crippen LogP contribution in [0.25, 0.3) is 17.1 Å². The molecule has 0 aliphatic carbocycles. The minimum Gasteiger partial charge on any atom is -0.406 e. The number of thioether (sulfide) groups is 1. The fraction of sp³-hybridized carbons (Fsp3) is 0.172. The number of nitrogens with zero attached hydrogens (tertiary/aromatic N) is 5. The van der Waals surface area contributed by atoms with Gasteiger partial charge in [-0.05, 0) is 41.5 Å². The summed E-state index contributed by atoms with van der Waals surface area (Å²) >= 11 is 1.50. The van der Waals surface area contributed by atoms with Gasteiger partial charge < -0.3 is 4.74 Å². The molecule has 6 rings (SSSR count). The zero-order chi connectivity index (χ0) is 29.3. The number of amides is 2. The third-order valence-electron chi connectivity index (χ3n) is 6.57. The molecule has 0 bridgehead atoms. The van der Waals surface area contributed by atoms with Crippen LogP contribution in [0.3, 0.4) is 0 Å². The molecule has 1 saturated heterocycles. The second kappa shape index (κ2) is 11.3. The first kappa shape index (κ1) is 27.5. The van der Waals surface area contributed by atoms with Crippen LogP contribution >= 0.6 is 11.8 Å². The summed E-state index contributed by atoms with van der Waals surface area (Å²) in [5, 5.41) is 5.00. The van der Waals surface area contributed by atoms with Crippen molar-refractivity contribution in [2.45, 2.75) is 25.8 Å². The van der Waals surface area contributed by atoms with E-state index in [0.29, 0.717) is 22.6 Å². The first-order valence-electron chi connectivity index (χ1n) is 12.8. The van der Waals surface area contributed by atoms with Gasteiger partial charge in [0.15, 0.2) is 11.0 Å². The van der Waals surface area contributed by atoms with Crippen LogP contribution in [0, 0.1) is 0 Å². The molecule has 0 radical (unpaired) electrons. The van der Waals surface area contributed by atoms with E-state index >= 15 is 0 Å². The van der Waals surface area contributed by atoms with Crippen molar-refractivity contribution < 1.29 is 27.5 Å². The minimum absolute atomic E-state index is 0.118. The summed E-state index contributed by atoms with van der Waals surface area (Å²) in [4.78, 5) is 28.4. The molecule has 2 aliphatic heterocycles. The summed E-state index contributed by atoms with van der Waals surface area (Å²) in [6.45, 7) is 2.27. The molecule has 2 amide bonds. The van der Waals surface area contributed by atoms with Gasteiger partial charge in [0.25, 0.3) is 0 Å². The fourth-order valence-corrected chi connectivity index (χ4v) is 5.66. The van der Waals surface area contributed by atoms with E-state index in [4.69, 9.17) is 4.84 Å². The van der Waals surface area contributed by atoms with Crippen molar-refractivity contribution in [1.82, 2.24) is 20.2 Å². The van der Waals surface area contributed by atoms with Crippen molar-refractivity contribution in [3.05, 3.63) is 102 Å². The van der Waals surface area contributed by atoms with Crippen LogP contribution in [-0.4, -0.2) is 38.1 Å². The zero-order valence-corrected chi connectivity index (χ0v) is 22.9. The Morgan fingerprint density at radius 1 is 1.10 bits per heavy atom. The number of fused-ring (bicyclic) bond motifs is 3. The van der Waals surface area contributed by atoms with Crippen LogP contribution in [0.1, 0.15) is 24.0 Å². The number of aliphatic imine (C=N–C) groups is 1. The van der Waals surface area contributed by atoms with Gasteiger partial charge in [-0.1, -0.05) is 67.2 Å². The smallest absolute Gasteiger partial charge is 0.406 e. The highest BCUT2D eigenvalue weighted by atomic mass is 32.2. The van der Waals surface area contributed by atoms with Crippen LogP contribution in [0.5, 0.6) is 5.75 Å². The van der Waals surface area contributed by atoms with Gasteiger partial charge in [0.05, 0.1) is 18.0 Å². The van der Waals surface area contributed by atoms with E-state index in [1.165, 1.54) is 52.6 Å². The van der Waals surface area contributed by atoms with Gasteiger partial charge in [0.2, 0.25) is 0 Å². The van der Waals surface area contributed by atoms with E-state index in [1.807, 2.05) is 35.2 Å². The lowest BCUT2D eigenvalue weighted by Gasteiger charge is -2.29. The van der Waals surface area contributed by atoms with E-state index < -0.39 is 12.4 Å². The maximum atomic E-state index is 12.5. The molecule has 1 N–H and O–H groups in total. The Morgan fingerprint density at radius 3 is 2.62 bits per heavy atom. The lowest BCUT2D eigenvalue weighted by Crippen LogP contribution is -2.29. The number of halogens is 3. The second-order valence-electron chi connectivity index (χ2n) is 9.47. The summed E-state index contributed by atoms with van der Waals surface area (Å²) in [7, 11) is 0. The van der Waals surface area contributed by atoms with E-state index in [1.54, 1.807) is 12.1 Å². The summed E-state index contributed by atoms with van der Waals surface area (Å²) in [5.74, 6) is 1.15. The van der Waals surface area contributed by atoms with E-state index in [9.17, 15) is 18.0 Å². The Labute approximate surface area is 242 Å². The number of aromatic nitrogens is 3. The number of urea groups is 1. The number of anilines is 1. The molecule has 1 fully saturated rings. The van der Waals surface area contributed by atoms with Crippen molar-refractivity contribution in [2.75, 3.05) is 10.7 Å². The number of hydrogen-bond donors (Lipinski definition) is 1. The molecule has 1 unspecified atom stereocenters. The Hall–Kier alpha value is -4.62. The number of carbonyl (C=O) groups is 1. The van der Waals surface area contributed by atoms with Crippen LogP contribution in [0.2, 0.25) is 0 Å². The molecule has 1 aromatic heterocycles. The normalized spacial score (nSPS) is 17.0. The number of benzene rings is 3. The Bertz CT molecular complexity index is 1670. The van der Waals surface area contributed by atoms with E-state index in [0.717, 1.165) is 28.3 Å². The molecule has 13 heteroatoms. The number of para-hydroxylation sites is 1. The van der Waals surface area contributed by atoms with Gasteiger partial charge >= 0.3 is 12.4 Å². The van der Waals surface area contributed by atoms with Crippen molar-refractivity contribution in [1.29, 1.82) is 0 Å². The number of hydroxylamine groups is 1. The highest BCUT2D eigenvalue weighted by molar-refractivity contribution is 8.14. The van der Waals surface area contributed by atoms with Crippen LogP contribution in [0.15, 0.2) is 95.9 Å².